The summed E-state index contributed by atoms with van der Waals surface area (Å²) >= 11 is 1.55. The smallest absolute Gasteiger partial charge is 0.227 e. The number of rotatable bonds is 8. The Hall–Kier alpha value is -3.45. The molecule has 2 aromatic heterocycles. The Morgan fingerprint density at radius 1 is 1.07 bits per heavy atom. The van der Waals surface area contributed by atoms with Gasteiger partial charge >= 0.3 is 0 Å². The molecule has 0 aliphatic heterocycles. The Kier molecular flexibility index (Phi) is 6.20. The molecule has 0 radical (unpaired) electrons. The second kappa shape index (κ2) is 9.37. The van der Waals surface area contributed by atoms with E-state index in [2.05, 4.69) is 10.1 Å². The number of carbonyl (C=O) groups excluding carboxylic acids is 1. The fraction of sp³-hybridized carbons (Fsp3) is 0.174. The molecule has 2 heterocycles. The van der Waals surface area contributed by atoms with Gasteiger partial charge in [0.05, 0.1) is 18.5 Å². The van der Waals surface area contributed by atoms with Crippen molar-refractivity contribution in [2.45, 2.75) is 19.4 Å². The first-order chi connectivity index (χ1) is 14.7. The van der Waals surface area contributed by atoms with Crippen molar-refractivity contribution in [1.82, 2.24) is 10.1 Å². The fourth-order valence-corrected chi connectivity index (χ4v) is 3.71. The number of anilines is 1. The molecule has 4 rings (SSSR count). The average Bonchev–Trinajstić information content (AvgIpc) is 3.49. The number of thiophene rings is 1. The summed E-state index contributed by atoms with van der Waals surface area (Å²) in [5.41, 5.74) is 1.87. The van der Waals surface area contributed by atoms with Crippen LogP contribution in [-0.2, 0) is 17.8 Å². The first kappa shape index (κ1) is 19.8. The van der Waals surface area contributed by atoms with Crippen LogP contribution in [0.25, 0.3) is 10.7 Å². The predicted octanol–water partition coefficient (Wildman–Crippen LogP) is 4.97. The molecule has 4 aromatic rings. The summed E-state index contributed by atoms with van der Waals surface area (Å²) in [6.07, 6.45) is 0.656. The molecular formula is C23H21N3O3S. The Morgan fingerprint density at radius 2 is 1.87 bits per heavy atom. The molecule has 0 fully saturated rings. The van der Waals surface area contributed by atoms with Gasteiger partial charge in [-0.2, -0.15) is 4.98 Å². The number of amides is 1. The van der Waals surface area contributed by atoms with Gasteiger partial charge < -0.3 is 14.2 Å². The van der Waals surface area contributed by atoms with Gasteiger partial charge in [0.2, 0.25) is 17.6 Å². The van der Waals surface area contributed by atoms with E-state index in [0.29, 0.717) is 24.7 Å². The van der Waals surface area contributed by atoms with Gasteiger partial charge in [0, 0.05) is 18.5 Å². The van der Waals surface area contributed by atoms with E-state index in [9.17, 15) is 4.79 Å². The van der Waals surface area contributed by atoms with Crippen LogP contribution in [0.1, 0.15) is 17.9 Å². The van der Waals surface area contributed by atoms with E-state index in [-0.39, 0.29) is 12.3 Å². The zero-order chi connectivity index (χ0) is 20.8. The van der Waals surface area contributed by atoms with Gasteiger partial charge in [-0.25, -0.2) is 0 Å². The second-order valence-corrected chi connectivity index (χ2v) is 7.60. The first-order valence-corrected chi connectivity index (χ1v) is 10.5. The van der Waals surface area contributed by atoms with Gasteiger partial charge in [-0.05, 0) is 41.3 Å². The van der Waals surface area contributed by atoms with Crippen molar-refractivity contribution < 1.29 is 14.1 Å². The maximum Gasteiger partial charge on any atom is 0.227 e. The average molecular weight is 420 g/mol. The highest BCUT2D eigenvalue weighted by Crippen LogP contribution is 2.24. The van der Waals surface area contributed by atoms with E-state index in [1.54, 1.807) is 23.3 Å². The van der Waals surface area contributed by atoms with E-state index in [4.69, 9.17) is 9.26 Å². The molecule has 0 aliphatic rings. The van der Waals surface area contributed by atoms with Crippen molar-refractivity contribution in [2.75, 3.05) is 12.0 Å². The molecule has 0 aliphatic carbocycles. The lowest BCUT2D eigenvalue weighted by molar-refractivity contribution is -0.118. The van der Waals surface area contributed by atoms with Crippen molar-refractivity contribution in [1.29, 1.82) is 0 Å². The van der Waals surface area contributed by atoms with Gasteiger partial charge in [0.25, 0.3) is 0 Å². The van der Waals surface area contributed by atoms with Gasteiger partial charge in [0.1, 0.15) is 5.75 Å². The monoisotopic (exact) mass is 419 g/mol. The summed E-state index contributed by atoms with van der Waals surface area (Å²) in [7, 11) is 1.62. The quantitative estimate of drug-likeness (QED) is 0.403. The lowest BCUT2D eigenvalue weighted by Gasteiger charge is -2.23. The number of nitrogens with zero attached hydrogens (tertiary/aromatic N) is 3. The third kappa shape index (κ3) is 4.75. The minimum atomic E-state index is -0.0140. The summed E-state index contributed by atoms with van der Waals surface area (Å²) in [5.74, 6) is 1.75. The molecule has 0 saturated heterocycles. The molecule has 0 spiro atoms. The van der Waals surface area contributed by atoms with E-state index in [1.165, 1.54) is 0 Å². The normalized spacial score (nSPS) is 10.7. The van der Waals surface area contributed by atoms with Gasteiger partial charge in [-0.3, -0.25) is 4.79 Å². The highest BCUT2D eigenvalue weighted by molar-refractivity contribution is 7.13. The molecule has 0 unspecified atom stereocenters. The molecular weight excluding hydrogens is 398 g/mol. The van der Waals surface area contributed by atoms with Crippen molar-refractivity contribution in [3.63, 3.8) is 0 Å². The molecule has 6 nitrogen and oxygen atoms in total. The second-order valence-electron chi connectivity index (χ2n) is 6.65. The summed E-state index contributed by atoms with van der Waals surface area (Å²) < 4.78 is 10.6. The van der Waals surface area contributed by atoms with Gasteiger partial charge in [-0.1, -0.05) is 41.6 Å². The molecule has 2 aromatic carbocycles. The Balaban J connectivity index is 1.48. The molecule has 0 N–H and O–H groups in total. The number of hydrogen-bond donors (Lipinski definition) is 0. The van der Waals surface area contributed by atoms with Crippen molar-refractivity contribution in [3.05, 3.63) is 83.6 Å². The van der Waals surface area contributed by atoms with E-state index >= 15 is 0 Å². The van der Waals surface area contributed by atoms with Crippen LogP contribution in [0.3, 0.4) is 0 Å². The Morgan fingerprint density at radius 3 is 2.57 bits per heavy atom. The molecule has 0 saturated carbocycles. The SMILES string of the molecule is COc1ccc(N(Cc2ccccc2)C(=O)CCc2nc(-c3cccs3)no2)cc1. The molecule has 0 bridgehead atoms. The molecule has 30 heavy (non-hydrogen) atoms. The number of aromatic nitrogens is 2. The van der Waals surface area contributed by atoms with Gasteiger partial charge in [-0.15, -0.1) is 11.3 Å². The van der Waals surface area contributed by atoms with Crippen LogP contribution in [0.2, 0.25) is 0 Å². The van der Waals surface area contributed by atoms with E-state index < -0.39 is 0 Å². The first-order valence-electron chi connectivity index (χ1n) is 9.58. The number of carbonyl (C=O) groups is 1. The molecule has 1 amide bonds. The summed E-state index contributed by atoms with van der Waals surface area (Å²) in [6.45, 7) is 0.482. The summed E-state index contributed by atoms with van der Waals surface area (Å²) in [6, 6.07) is 21.3. The lowest BCUT2D eigenvalue weighted by Crippen LogP contribution is -2.30. The van der Waals surface area contributed by atoms with Crippen LogP contribution in [0.5, 0.6) is 5.75 Å². The van der Waals surface area contributed by atoms with E-state index in [1.807, 2.05) is 72.1 Å². The summed E-state index contributed by atoms with van der Waals surface area (Å²) in [4.78, 5) is 20.2. The van der Waals surface area contributed by atoms with E-state index in [0.717, 1.165) is 21.9 Å². The molecule has 7 heteroatoms. The zero-order valence-electron chi connectivity index (χ0n) is 16.5. The van der Waals surface area contributed by atoms with Crippen molar-refractivity contribution in [2.24, 2.45) is 0 Å². The van der Waals surface area contributed by atoms with Crippen molar-refractivity contribution >= 4 is 22.9 Å². The van der Waals surface area contributed by atoms with Crippen LogP contribution in [0.4, 0.5) is 5.69 Å². The maximum absolute atomic E-state index is 13.1. The minimum absolute atomic E-state index is 0.0140. The maximum atomic E-state index is 13.1. The van der Waals surface area contributed by atoms with Crippen LogP contribution in [-0.4, -0.2) is 23.2 Å². The number of hydrogen-bond acceptors (Lipinski definition) is 6. The number of methoxy groups -OCH3 is 1. The Bertz CT molecular complexity index is 1080. The molecule has 152 valence electrons. The number of aryl methyl sites for hydroxylation is 1. The third-order valence-corrected chi connectivity index (χ3v) is 5.50. The lowest BCUT2D eigenvalue weighted by atomic mass is 10.1. The zero-order valence-corrected chi connectivity index (χ0v) is 17.3. The number of benzene rings is 2. The third-order valence-electron chi connectivity index (χ3n) is 4.63. The van der Waals surface area contributed by atoms with Crippen LogP contribution in [0.15, 0.2) is 76.6 Å². The van der Waals surface area contributed by atoms with Gasteiger partial charge in [0.15, 0.2) is 0 Å². The predicted molar refractivity (Wildman–Crippen MR) is 117 cm³/mol. The van der Waals surface area contributed by atoms with Crippen LogP contribution < -0.4 is 9.64 Å². The molecule has 0 atom stereocenters. The minimum Gasteiger partial charge on any atom is -0.497 e. The highest BCUT2D eigenvalue weighted by Gasteiger charge is 2.18. The highest BCUT2D eigenvalue weighted by atomic mass is 32.1. The van der Waals surface area contributed by atoms with Crippen molar-refractivity contribution in [3.8, 4) is 16.5 Å². The van der Waals surface area contributed by atoms with Crippen LogP contribution >= 0.6 is 11.3 Å². The Labute approximate surface area is 178 Å². The summed E-state index contributed by atoms with van der Waals surface area (Å²) in [5, 5.41) is 5.98. The topological polar surface area (TPSA) is 68.5 Å². The number of ether oxygens (including phenoxy) is 1. The standard InChI is InChI=1S/C23H21N3O3S/c1-28-19-11-9-18(10-12-19)26(16-17-6-3-2-4-7-17)22(27)14-13-21-24-23(25-29-21)20-8-5-15-30-20/h2-12,15H,13-14,16H2,1H3. The van der Waals surface area contributed by atoms with Crippen LogP contribution in [0, 0.1) is 0 Å². The largest absolute Gasteiger partial charge is 0.497 e. The fourth-order valence-electron chi connectivity index (χ4n) is 3.06.